The summed E-state index contributed by atoms with van der Waals surface area (Å²) in [5.41, 5.74) is 0. The molecule has 0 bridgehead atoms. The molecule has 0 aromatic rings. The van der Waals surface area contributed by atoms with E-state index in [9.17, 15) is 9.59 Å². The van der Waals surface area contributed by atoms with Crippen molar-refractivity contribution in [2.45, 2.75) is 34.6 Å². The topological polar surface area (TPSA) is 49.4 Å². The molecule has 0 aromatic heterocycles. The zero-order valence-corrected chi connectivity index (χ0v) is 15.0. The van der Waals surface area contributed by atoms with E-state index in [1.54, 1.807) is 7.05 Å². The van der Waals surface area contributed by atoms with Crippen LogP contribution in [0, 0.1) is 0 Å². The maximum atomic E-state index is 11.1. The molecule has 0 rings (SSSR count). The van der Waals surface area contributed by atoms with Crippen LogP contribution in [0.4, 0.5) is 0 Å². The number of hydrogen-bond acceptors (Lipinski definition) is 3. The van der Waals surface area contributed by atoms with E-state index in [0.29, 0.717) is 47.4 Å². The molecular formula is C12H24N2O2Se2. The molecule has 4 nitrogen and oxygen atoms in total. The first-order chi connectivity index (χ1) is 8.60. The van der Waals surface area contributed by atoms with Crippen molar-refractivity contribution in [3.63, 3.8) is 0 Å². The molecule has 1 amide bonds. The third-order valence-electron chi connectivity index (χ3n) is 2.40. The molecule has 106 valence electrons. The average Bonchev–Trinajstić information content (AvgIpc) is 2.38. The Kier molecular flexibility index (Phi) is 12.3. The first-order valence-electron chi connectivity index (χ1n) is 6.16. The Bertz CT molecular complexity index is 226. The van der Waals surface area contributed by atoms with Gasteiger partial charge in [0.25, 0.3) is 0 Å². The molecule has 0 saturated heterocycles. The fraction of sp³-hybridized carbons (Fsp3) is 0.833. The number of ketones is 1. The van der Waals surface area contributed by atoms with Crippen molar-refractivity contribution in [2.75, 3.05) is 27.2 Å². The predicted molar refractivity (Wildman–Crippen MR) is 77.6 cm³/mol. The Hall–Kier alpha value is 0.139. The molecule has 0 aliphatic heterocycles. The van der Waals surface area contributed by atoms with Gasteiger partial charge in [0.2, 0.25) is 0 Å². The van der Waals surface area contributed by atoms with Gasteiger partial charge in [0.1, 0.15) is 0 Å². The Balaban J connectivity index is 3.35. The van der Waals surface area contributed by atoms with Crippen molar-refractivity contribution in [1.82, 2.24) is 10.2 Å². The van der Waals surface area contributed by atoms with E-state index in [-0.39, 0.29) is 5.91 Å². The summed E-state index contributed by atoms with van der Waals surface area (Å²) >= 11 is 0.881. The van der Waals surface area contributed by atoms with E-state index in [2.05, 4.69) is 17.3 Å². The van der Waals surface area contributed by atoms with Crippen molar-refractivity contribution >= 4 is 41.6 Å². The van der Waals surface area contributed by atoms with Crippen LogP contribution in [0.15, 0.2) is 0 Å². The van der Waals surface area contributed by atoms with Gasteiger partial charge in [0.15, 0.2) is 0 Å². The fourth-order valence-electron chi connectivity index (χ4n) is 1.08. The zero-order chi connectivity index (χ0) is 13.8. The number of nitrogens with zero attached hydrogens (tertiary/aromatic N) is 1. The summed E-state index contributed by atoms with van der Waals surface area (Å²) < 4.78 is 0. The van der Waals surface area contributed by atoms with Crippen LogP contribution in [0.3, 0.4) is 0 Å². The number of carbonyl (C=O) groups excluding carboxylic acids is 2. The van der Waals surface area contributed by atoms with Gasteiger partial charge in [0, 0.05) is 0 Å². The normalized spacial score (nSPS) is 10.7. The Labute approximate surface area is 123 Å². The zero-order valence-electron chi connectivity index (χ0n) is 11.5. The number of Topliss-reactive ketones (excluding diaryl/α,β-unsaturated/α-hetero) is 1. The van der Waals surface area contributed by atoms with Crippen LogP contribution in [0.1, 0.15) is 13.3 Å². The molecule has 1 N–H and O–H groups in total. The van der Waals surface area contributed by atoms with Crippen LogP contribution in [0.5, 0.6) is 0 Å². The van der Waals surface area contributed by atoms with Gasteiger partial charge in [-0.15, -0.1) is 0 Å². The molecule has 0 aromatic carbocycles. The summed E-state index contributed by atoms with van der Waals surface area (Å²) in [5, 5.41) is 6.39. The van der Waals surface area contributed by atoms with Crippen LogP contribution < -0.4 is 5.32 Å². The monoisotopic (exact) mass is 388 g/mol. The van der Waals surface area contributed by atoms with Crippen molar-refractivity contribution in [1.29, 1.82) is 0 Å². The van der Waals surface area contributed by atoms with Crippen LogP contribution in [0.25, 0.3) is 0 Å². The molecule has 0 saturated carbocycles. The fourth-order valence-corrected chi connectivity index (χ4v) is 5.13. The second-order valence-corrected chi connectivity index (χ2v) is 8.61. The predicted octanol–water partition coefficient (Wildman–Crippen LogP) is 0.725. The Morgan fingerprint density at radius 2 is 1.67 bits per heavy atom. The second kappa shape index (κ2) is 12.2. The molecule has 0 unspecified atom stereocenters. The molecule has 0 radical (unpaired) electrons. The van der Waals surface area contributed by atoms with E-state index >= 15 is 0 Å². The first kappa shape index (κ1) is 18.1. The standard InChI is InChI=1S/C12H24N2O2Se2/c1-4-11(15)9-17-7-5-14(3)6-8-18-10-12(16)13-2/h4-10H2,1-3H3,(H,13,16). The van der Waals surface area contributed by atoms with Gasteiger partial charge in [-0.2, -0.15) is 0 Å². The van der Waals surface area contributed by atoms with Crippen molar-refractivity contribution in [3.8, 4) is 0 Å². The van der Waals surface area contributed by atoms with E-state index in [4.69, 9.17) is 0 Å². The summed E-state index contributed by atoms with van der Waals surface area (Å²) in [5.74, 6) is 0.547. The third kappa shape index (κ3) is 11.2. The first-order valence-corrected chi connectivity index (χ1v) is 11.0. The summed E-state index contributed by atoms with van der Waals surface area (Å²) in [4.78, 5) is 24.5. The number of carbonyl (C=O) groups is 2. The minimum absolute atomic E-state index is 0.152. The van der Waals surface area contributed by atoms with Crippen LogP contribution in [-0.4, -0.2) is 73.7 Å². The second-order valence-electron chi connectivity index (χ2n) is 3.97. The molecule has 0 fully saturated rings. The van der Waals surface area contributed by atoms with E-state index < -0.39 is 0 Å². The quantitative estimate of drug-likeness (QED) is 0.421. The maximum absolute atomic E-state index is 11.1. The molecule has 0 atom stereocenters. The van der Waals surface area contributed by atoms with Gasteiger partial charge in [-0.3, -0.25) is 0 Å². The molecule has 0 aliphatic rings. The van der Waals surface area contributed by atoms with Crippen molar-refractivity contribution < 1.29 is 9.59 Å². The molecule has 0 spiro atoms. The number of amides is 1. The van der Waals surface area contributed by atoms with Gasteiger partial charge in [-0.25, -0.2) is 0 Å². The van der Waals surface area contributed by atoms with E-state index in [0.717, 1.165) is 29.0 Å². The van der Waals surface area contributed by atoms with Gasteiger partial charge in [-0.1, -0.05) is 0 Å². The minimum atomic E-state index is 0.152. The van der Waals surface area contributed by atoms with Crippen LogP contribution >= 0.6 is 0 Å². The molecular weight excluding hydrogens is 362 g/mol. The van der Waals surface area contributed by atoms with Gasteiger partial charge in [0.05, 0.1) is 0 Å². The van der Waals surface area contributed by atoms with E-state index in [1.165, 1.54) is 0 Å². The number of rotatable bonds is 11. The Morgan fingerprint density at radius 3 is 2.17 bits per heavy atom. The molecule has 0 heterocycles. The molecule has 0 aliphatic carbocycles. The number of nitrogens with one attached hydrogen (secondary N) is 1. The average molecular weight is 386 g/mol. The molecule has 18 heavy (non-hydrogen) atoms. The van der Waals surface area contributed by atoms with Crippen LogP contribution in [-0.2, 0) is 9.59 Å². The van der Waals surface area contributed by atoms with Gasteiger partial charge >= 0.3 is 123 Å². The summed E-state index contributed by atoms with van der Waals surface area (Å²) in [6.07, 6.45) is 0.680. The SMILES string of the molecule is CCC(=O)C[Se]CCN(C)CC[Se]CC(=O)NC. The van der Waals surface area contributed by atoms with E-state index in [1.807, 2.05) is 6.92 Å². The summed E-state index contributed by atoms with van der Waals surface area (Å²) in [6, 6.07) is 0. The van der Waals surface area contributed by atoms with Crippen molar-refractivity contribution in [3.05, 3.63) is 0 Å². The third-order valence-corrected chi connectivity index (χ3v) is 6.46. The van der Waals surface area contributed by atoms with Crippen LogP contribution in [0.2, 0.25) is 21.3 Å². The molecule has 6 heteroatoms. The van der Waals surface area contributed by atoms with Crippen molar-refractivity contribution in [2.24, 2.45) is 0 Å². The van der Waals surface area contributed by atoms with Gasteiger partial charge < -0.3 is 0 Å². The Morgan fingerprint density at radius 1 is 1.11 bits per heavy atom. The van der Waals surface area contributed by atoms with Gasteiger partial charge in [-0.05, 0) is 0 Å². The summed E-state index contributed by atoms with van der Waals surface area (Å²) in [6.45, 7) is 4.07. The number of hydrogen-bond donors (Lipinski definition) is 1. The summed E-state index contributed by atoms with van der Waals surface area (Å²) in [7, 11) is 3.80.